The predicted molar refractivity (Wildman–Crippen MR) is 98.6 cm³/mol. The van der Waals surface area contributed by atoms with Gasteiger partial charge in [-0.2, -0.15) is 8.78 Å². The molecule has 1 aliphatic carbocycles. The minimum atomic E-state index is -2.68. The van der Waals surface area contributed by atoms with Gasteiger partial charge in [0.2, 0.25) is 11.9 Å². The third-order valence-corrected chi connectivity index (χ3v) is 5.87. The molecule has 2 fully saturated rings. The molecule has 1 saturated heterocycles. The zero-order valence-electron chi connectivity index (χ0n) is 15.8. The zero-order chi connectivity index (χ0) is 19.7. The Balaban J connectivity index is 1.56. The van der Waals surface area contributed by atoms with E-state index in [4.69, 9.17) is 0 Å². The van der Waals surface area contributed by atoms with Gasteiger partial charge in [0.15, 0.2) is 0 Å². The average Bonchev–Trinajstić information content (AvgIpc) is 3.32. The van der Waals surface area contributed by atoms with E-state index in [0.717, 1.165) is 30.3 Å². The van der Waals surface area contributed by atoms with E-state index >= 15 is 0 Å². The largest absolute Gasteiger partial charge is 0.336 e. The van der Waals surface area contributed by atoms with Crippen LogP contribution in [0.5, 0.6) is 0 Å². The van der Waals surface area contributed by atoms with Crippen LogP contribution in [0.4, 0.5) is 14.7 Å². The van der Waals surface area contributed by atoms with Crippen LogP contribution < -0.4 is 4.90 Å². The third-order valence-electron chi connectivity index (χ3n) is 5.87. The number of amides is 1. The van der Waals surface area contributed by atoms with Gasteiger partial charge in [-0.15, -0.1) is 0 Å². The molecule has 9 heteroatoms. The number of anilines is 1. The number of hydrogen-bond donors (Lipinski definition) is 0. The molecule has 2 aromatic rings. The number of likely N-dealkylation sites (N-methyl/N-ethyl adjacent to an activating group) is 1. The summed E-state index contributed by atoms with van der Waals surface area (Å²) >= 11 is 0. The Bertz CT molecular complexity index is 814. The zero-order valence-corrected chi connectivity index (χ0v) is 15.8. The van der Waals surface area contributed by atoms with Gasteiger partial charge >= 0.3 is 6.55 Å². The fraction of sp³-hybridized carbons (Fsp3) is 0.579. The van der Waals surface area contributed by atoms with Crippen molar-refractivity contribution in [2.75, 3.05) is 11.9 Å². The molecule has 0 aromatic carbocycles. The lowest BCUT2D eigenvalue weighted by Gasteiger charge is -2.34. The molecule has 7 nitrogen and oxygen atoms in total. The molecule has 1 saturated carbocycles. The van der Waals surface area contributed by atoms with E-state index in [2.05, 4.69) is 19.9 Å². The molecule has 0 bridgehead atoms. The highest BCUT2D eigenvalue weighted by Crippen LogP contribution is 2.41. The number of nitrogens with zero attached hydrogens (tertiary/aromatic N) is 6. The highest BCUT2D eigenvalue weighted by atomic mass is 19.3. The van der Waals surface area contributed by atoms with E-state index < -0.39 is 6.55 Å². The first-order valence-electron chi connectivity index (χ1n) is 9.66. The second kappa shape index (κ2) is 7.81. The molecule has 1 aliphatic heterocycles. The van der Waals surface area contributed by atoms with Crippen LogP contribution in [0.1, 0.15) is 44.5 Å². The SMILES string of the molecule is CN(Cc1nccn1C(F)F)C(=O)C1CC2CCCCC2N1c1ncccn1. The highest BCUT2D eigenvalue weighted by Gasteiger charge is 2.47. The van der Waals surface area contributed by atoms with Crippen molar-refractivity contribution in [2.24, 2.45) is 5.92 Å². The van der Waals surface area contributed by atoms with Crippen molar-refractivity contribution >= 4 is 11.9 Å². The summed E-state index contributed by atoms with van der Waals surface area (Å²) in [6.07, 6.45) is 11.1. The normalized spacial score (nSPS) is 24.4. The number of halogens is 2. The van der Waals surface area contributed by atoms with Crippen molar-refractivity contribution in [1.29, 1.82) is 0 Å². The Morgan fingerprint density at radius 3 is 2.71 bits per heavy atom. The van der Waals surface area contributed by atoms with E-state index in [9.17, 15) is 13.6 Å². The summed E-state index contributed by atoms with van der Waals surface area (Å²) in [5.74, 6) is 1.06. The van der Waals surface area contributed by atoms with Crippen molar-refractivity contribution in [1.82, 2.24) is 24.4 Å². The molecule has 0 N–H and O–H groups in total. The van der Waals surface area contributed by atoms with Crippen LogP contribution in [0.3, 0.4) is 0 Å². The monoisotopic (exact) mass is 390 g/mol. The number of fused-ring (bicyclic) bond motifs is 1. The first kappa shape index (κ1) is 18.8. The van der Waals surface area contributed by atoms with E-state index in [1.165, 1.54) is 23.7 Å². The Hall–Kier alpha value is -2.58. The van der Waals surface area contributed by atoms with E-state index in [-0.39, 0.29) is 30.4 Å². The van der Waals surface area contributed by atoms with Crippen LogP contribution in [-0.2, 0) is 11.3 Å². The second-order valence-corrected chi connectivity index (χ2v) is 7.54. The van der Waals surface area contributed by atoms with Gasteiger partial charge in [0, 0.05) is 37.9 Å². The molecule has 3 unspecified atom stereocenters. The highest BCUT2D eigenvalue weighted by molar-refractivity contribution is 5.85. The molecule has 0 spiro atoms. The lowest BCUT2D eigenvalue weighted by molar-refractivity contribution is -0.132. The minimum Gasteiger partial charge on any atom is -0.336 e. The minimum absolute atomic E-state index is 0.0332. The average molecular weight is 390 g/mol. The topological polar surface area (TPSA) is 67.2 Å². The number of alkyl halides is 2. The summed E-state index contributed by atoms with van der Waals surface area (Å²) in [6.45, 7) is -2.64. The molecule has 150 valence electrons. The maximum absolute atomic E-state index is 13.3. The van der Waals surface area contributed by atoms with Crippen LogP contribution in [0.25, 0.3) is 0 Å². The summed E-state index contributed by atoms with van der Waals surface area (Å²) in [6, 6.07) is 1.63. The van der Waals surface area contributed by atoms with Gasteiger partial charge < -0.3 is 9.80 Å². The predicted octanol–water partition coefficient (Wildman–Crippen LogP) is 2.86. The van der Waals surface area contributed by atoms with Crippen molar-refractivity contribution in [3.05, 3.63) is 36.7 Å². The lowest BCUT2D eigenvalue weighted by atomic mass is 9.85. The quantitative estimate of drug-likeness (QED) is 0.785. The molecular weight excluding hydrogens is 366 g/mol. The molecule has 4 rings (SSSR count). The Labute approximate surface area is 162 Å². The van der Waals surface area contributed by atoms with Gasteiger partial charge in [0.25, 0.3) is 0 Å². The smallest absolute Gasteiger partial charge is 0.319 e. The van der Waals surface area contributed by atoms with E-state index in [1.54, 1.807) is 25.5 Å². The van der Waals surface area contributed by atoms with Gasteiger partial charge in [0.05, 0.1) is 6.54 Å². The molecule has 0 radical (unpaired) electrons. The number of hydrogen-bond acceptors (Lipinski definition) is 5. The molecule has 3 heterocycles. The maximum Gasteiger partial charge on any atom is 0.319 e. The lowest BCUT2D eigenvalue weighted by Crippen LogP contribution is -2.48. The summed E-state index contributed by atoms with van der Waals surface area (Å²) < 4.78 is 27.0. The van der Waals surface area contributed by atoms with Crippen LogP contribution in [0.15, 0.2) is 30.9 Å². The Kier molecular flexibility index (Phi) is 5.23. The number of carbonyl (C=O) groups is 1. The van der Waals surface area contributed by atoms with Crippen molar-refractivity contribution in [3.63, 3.8) is 0 Å². The van der Waals surface area contributed by atoms with Crippen molar-refractivity contribution in [3.8, 4) is 0 Å². The van der Waals surface area contributed by atoms with Gasteiger partial charge in [-0.25, -0.2) is 15.0 Å². The summed E-state index contributed by atoms with van der Waals surface area (Å²) in [7, 11) is 1.64. The van der Waals surface area contributed by atoms with Gasteiger partial charge in [-0.3, -0.25) is 9.36 Å². The molecule has 28 heavy (non-hydrogen) atoms. The van der Waals surface area contributed by atoms with Crippen LogP contribution in [0.2, 0.25) is 0 Å². The first-order chi connectivity index (χ1) is 13.6. The molecular formula is C19H24F2N6O. The van der Waals surface area contributed by atoms with Gasteiger partial charge in [-0.05, 0) is 31.2 Å². The molecule has 3 atom stereocenters. The number of rotatable bonds is 5. The summed E-state index contributed by atoms with van der Waals surface area (Å²) in [5, 5.41) is 0. The Morgan fingerprint density at radius 1 is 1.21 bits per heavy atom. The number of imidazole rings is 1. The fourth-order valence-electron chi connectivity index (χ4n) is 4.58. The third kappa shape index (κ3) is 3.45. The van der Waals surface area contributed by atoms with Crippen LogP contribution >= 0.6 is 0 Å². The number of carbonyl (C=O) groups excluding carboxylic acids is 1. The van der Waals surface area contributed by atoms with E-state index in [1.807, 2.05) is 0 Å². The summed E-state index contributed by atoms with van der Waals surface area (Å²) in [5.41, 5.74) is 0. The molecule has 2 aromatic heterocycles. The number of aromatic nitrogens is 4. The Morgan fingerprint density at radius 2 is 1.96 bits per heavy atom. The van der Waals surface area contributed by atoms with Crippen molar-refractivity contribution < 1.29 is 13.6 Å². The maximum atomic E-state index is 13.3. The standard InChI is InChI=1S/C19H24F2N6O/c1-25(12-16-22-9-10-26(16)18(20)21)17(28)15-11-13-5-2-3-6-14(13)27(15)19-23-7-4-8-24-19/h4,7-10,13-15,18H,2-3,5-6,11-12H2,1H3. The van der Waals surface area contributed by atoms with Crippen LogP contribution in [-0.4, -0.2) is 49.5 Å². The summed E-state index contributed by atoms with van der Waals surface area (Å²) in [4.78, 5) is 29.6. The van der Waals surface area contributed by atoms with Crippen LogP contribution in [0, 0.1) is 5.92 Å². The fourth-order valence-corrected chi connectivity index (χ4v) is 4.58. The second-order valence-electron chi connectivity index (χ2n) is 7.54. The first-order valence-corrected chi connectivity index (χ1v) is 9.66. The van der Waals surface area contributed by atoms with Gasteiger partial charge in [-0.1, -0.05) is 12.8 Å². The van der Waals surface area contributed by atoms with Crippen molar-refractivity contribution in [2.45, 2.75) is 57.3 Å². The molecule has 2 aliphatic rings. The van der Waals surface area contributed by atoms with E-state index in [0.29, 0.717) is 11.9 Å². The molecule has 1 amide bonds. The van der Waals surface area contributed by atoms with Gasteiger partial charge in [0.1, 0.15) is 11.9 Å².